The number of halogens is 3. The molecule has 2 amide bonds. The summed E-state index contributed by atoms with van der Waals surface area (Å²) in [6.45, 7) is 6.09. The maximum absolute atomic E-state index is 14.2. The number of hydrogen-bond acceptors (Lipinski definition) is 8. The maximum atomic E-state index is 14.2. The third kappa shape index (κ3) is 7.76. The number of benzene rings is 1. The number of carbonyl (C=O) groups is 2. The van der Waals surface area contributed by atoms with E-state index in [4.69, 9.17) is 0 Å². The first kappa shape index (κ1) is 31.4. The number of fused-ring (bicyclic) bond motifs is 1. The van der Waals surface area contributed by atoms with Gasteiger partial charge in [0.2, 0.25) is 5.91 Å². The monoisotopic (exact) mass is 622 g/mol. The summed E-state index contributed by atoms with van der Waals surface area (Å²) in [5, 5.41) is 12.8. The zero-order chi connectivity index (χ0) is 32.0. The van der Waals surface area contributed by atoms with Crippen LogP contribution in [0.5, 0.6) is 0 Å². The molecule has 0 radical (unpaired) electrons. The minimum Gasteiger partial charge on any atom is -0.453 e. The summed E-state index contributed by atoms with van der Waals surface area (Å²) < 4.78 is 48.7. The largest absolute Gasteiger partial charge is 0.453 e. The highest BCUT2D eigenvalue weighted by atomic mass is 19.4. The molecule has 0 unspecified atom stereocenters. The maximum Gasteiger partial charge on any atom is 0.417 e. The van der Waals surface area contributed by atoms with Crippen LogP contribution in [-0.4, -0.2) is 58.3 Å². The van der Waals surface area contributed by atoms with Gasteiger partial charge in [0.05, 0.1) is 18.2 Å². The Morgan fingerprint density at radius 3 is 2.51 bits per heavy atom. The van der Waals surface area contributed by atoms with Crippen LogP contribution in [0.25, 0.3) is 16.9 Å². The van der Waals surface area contributed by atoms with Crippen molar-refractivity contribution in [3.05, 3.63) is 78.1 Å². The summed E-state index contributed by atoms with van der Waals surface area (Å²) in [6.07, 6.45) is 2.04. The van der Waals surface area contributed by atoms with Gasteiger partial charge in [0.1, 0.15) is 11.3 Å². The van der Waals surface area contributed by atoms with Crippen LogP contribution in [0, 0.1) is 0 Å². The van der Waals surface area contributed by atoms with E-state index < -0.39 is 17.8 Å². The molecular formula is C31H33F3N8O3. The second kappa shape index (κ2) is 13.8. The molecule has 14 heteroatoms. The van der Waals surface area contributed by atoms with Crippen LogP contribution in [-0.2, 0) is 28.7 Å². The Kier molecular flexibility index (Phi) is 9.62. The summed E-state index contributed by atoms with van der Waals surface area (Å²) >= 11 is 0. The number of anilines is 3. The third-order valence-electron chi connectivity index (χ3n) is 7.35. The summed E-state index contributed by atoms with van der Waals surface area (Å²) in [7, 11) is 1.10. The van der Waals surface area contributed by atoms with E-state index in [1.807, 2.05) is 30.3 Å². The SMILES string of the molecule is C=CC(=O)Nc1ccc(CCNCc2cc3c(N4CCCCC4)nc(-c4cnc(NC(=O)OC)cc4C(F)(F)F)nn3c2)cc1. The van der Waals surface area contributed by atoms with Gasteiger partial charge in [0.15, 0.2) is 11.6 Å². The Hall–Kier alpha value is -4.98. The van der Waals surface area contributed by atoms with Gasteiger partial charge in [-0.25, -0.2) is 19.3 Å². The Morgan fingerprint density at radius 2 is 1.82 bits per heavy atom. The van der Waals surface area contributed by atoms with Crippen LogP contribution in [0.15, 0.2) is 61.4 Å². The van der Waals surface area contributed by atoms with Crippen LogP contribution in [0.3, 0.4) is 0 Å². The summed E-state index contributed by atoms with van der Waals surface area (Å²) in [6, 6.07) is 10.2. The molecule has 3 aromatic heterocycles. The van der Waals surface area contributed by atoms with Gasteiger partial charge in [-0.15, -0.1) is 5.10 Å². The van der Waals surface area contributed by atoms with Crippen molar-refractivity contribution in [2.45, 2.75) is 38.4 Å². The van der Waals surface area contributed by atoms with Crippen molar-refractivity contribution in [2.75, 3.05) is 42.3 Å². The predicted octanol–water partition coefficient (Wildman–Crippen LogP) is 5.44. The Bertz CT molecular complexity index is 1680. The zero-order valence-corrected chi connectivity index (χ0v) is 24.7. The number of ether oxygens (including phenoxy) is 1. The number of alkyl halides is 3. The fraction of sp³-hybridized carbons (Fsp3) is 0.323. The smallest absolute Gasteiger partial charge is 0.417 e. The summed E-state index contributed by atoms with van der Waals surface area (Å²) in [4.78, 5) is 33.8. The molecule has 0 bridgehead atoms. The molecule has 1 aliphatic rings. The molecule has 1 aliphatic heterocycles. The first-order valence-electron chi connectivity index (χ1n) is 14.4. The first-order valence-corrected chi connectivity index (χ1v) is 14.4. The second-order valence-electron chi connectivity index (χ2n) is 10.5. The molecular weight excluding hydrogens is 589 g/mol. The van der Waals surface area contributed by atoms with E-state index in [1.54, 1.807) is 10.7 Å². The van der Waals surface area contributed by atoms with Crippen molar-refractivity contribution in [1.82, 2.24) is 24.9 Å². The van der Waals surface area contributed by atoms with Crippen molar-refractivity contribution >= 4 is 34.8 Å². The van der Waals surface area contributed by atoms with Crippen molar-refractivity contribution in [3.8, 4) is 11.4 Å². The fourth-order valence-electron chi connectivity index (χ4n) is 5.09. The van der Waals surface area contributed by atoms with E-state index in [-0.39, 0.29) is 23.1 Å². The van der Waals surface area contributed by atoms with Crippen molar-refractivity contribution in [3.63, 3.8) is 0 Å². The normalized spacial score (nSPS) is 13.5. The molecule has 11 nitrogen and oxygen atoms in total. The molecule has 0 aliphatic carbocycles. The lowest BCUT2D eigenvalue weighted by Gasteiger charge is -2.28. The molecule has 0 atom stereocenters. The van der Waals surface area contributed by atoms with Crippen LogP contribution in [0.2, 0.25) is 0 Å². The minimum absolute atomic E-state index is 0.129. The lowest BCUT2D eigenvalue weighted by molar-refractivity contribution is -0.137. The van der Waals surface area contributed by atoms with Crippen molar-refractivity contribution in [2.24, 2.45) is 0 Å². The molecule has 5 rings (SSSR count). The summed E-state index contributed by atoms with van der Waals surface area (Å²) in [5.41, 5.74) is 2.04. The highest BCUT2D eigenvalue weighted by Gasteiger charge is 2.36. The van der Waals surface area contributed by atoms with Gasteiger partial charge in [-0.05, 0) is 73.7 Å². The molecule has 1 aromatic carbocycles. The quantitative estimate of drug-likeness (QED) is 0.158. The number of nitrogens with zero attached hydrogens (tertiary/aromatic N) is 5. The second-order valence-corrected chi connectivity index (χ2v) is 10.5. The van der Waals surface area contributed by atoms with Crippen LogP contribution in [0.1, 0.15) is 36.0 Å². The standard InChI is InChI=1S/C31H33F3N8O3/c1-3-27(43)37-22-9-7-20(8-10-22)11-12-35-17-21-15-25-29(41-13-5-4-6-14-41)39-28(40-42(25)19-21)23-18-36-26(38-30(44)45-2)16-24(23)31(32,33)34/h3,7-10,15-16,18-19,35H,1,4-6,11-14,17H2,2H3,(H,37,43)(H,36,38,44). The van der Waals surface area contributed by atoms with E-state index in [0.29, 0.717) is 30.1 Å². The minimum atomic E-state index is -4.76. The zero-order valence-electron chi connectivity index (χ0n) is 24.7. The van der Waals surface area contributed by atoms with Crippen LogP contribution < -0.4 is 20.9 Å². The summed E-state index contributed by atoms with van der Waals surface area (Å²) in [5.74, 6) is -0.150. The van der Waals surface area contributed by atoms with E-state index in [1.165, 1.54) is 6.08 Å². The van der Waals surface area contributed by atoms with Gasteiger partial charge in [-0.3, -0.25) is 10.1 Å². The molecule has 236 valence electrons. The molecule has 1 fully saturated rings. The number of nitrogens with one attached hydrogen (secondary N) is 3. The van der Waals surface area contributed by atoms with E-state index in [9.17, 15) is 22.8 Å². The number of hydrogen-bond donors (Lipinski definition) is 3. The van der Waals surface area contributed by atoms with Gasteiger partial charge in [-0.1, -0.05) is 18.7 Å². The van der Waals surface area contributed by atoms with Gasteiger partial charge in [0, 0.05) is 37.7 Å². The number of carbonyl (C=O) groups excluding carboxylic acids is 2. The Labute approximate surface area is 257 Å². The lowest BCUT2D eigenvalue weighted by atomic mass is 10.1. The number of pyridine rings is 1. The number of rotatable bonds is 10. The van der Waals surface area contributed by atoms with Gasteiger partial charge < -0.3 is 20.3 Å². The van der Waals surface area contributed by atoms with E-state index >= 15 is 0 Å². The highest BCUT2D eigenvalue weighted by molar-refractivity contribution is 5.98. The first-order chi connectivity index (χ1) is 21.6. The molecule has 45 heavy (non-hydrogen) atoms. The average molecular weight is 623 g/mol. The van der Waals surface area contributed by atoms with Crippen LogP contribution >= 0.6 is 0 Å². The average Bonchev–Trinajstić information content (AvgIpc) is 3.46. The third-order valence-corrected chi connectivity index (χ3v) is 7.35. The highest BCUT2D eigenvalue weighted by Crippen LogP contribution is 2.38. The number of methoxy groups -OCH3 is 1. The van der Waals surface area contributed by atoms with E-state index in [0.717, 1.165) is 69.3 Å². The van der Waals surface area contributed by atoms with E-state index in [2.05, 4.69) is 47.2 Å². The van der Waals surface area contributed by atoms with Crippen molar-refractivity contribution in [1.29, 1.82) is 0 Å². The molecule has 3 N–H and O–H groups in total. The number of piperidine rings is 1. The number of aromatic nitrogens is 4. The van der Waals surface area contributed by atoms with Crippen LogP contribution in [0.4, 0.5) is 35.3 Å². The lowest BCUT2D eigenvalue weighted by Crippen LogP contribution is -2.31. The predicted molar refractivity (Wildman–Crippen MR) is 164 cm³/mol. The van der Waals surface area contributed by atoms with Crippen molar-refractivity contribution < 1.29 is 27.5 Å². The molecule has 4 heterocycles. The molecule has 1 saturated heterocycles. The molecule has 4 aromatic rings. The number of amides is 2. The van der Waals surface area contributed by atoms with Gasteiger partial charge in [-0.2, -0.15) is 13.2 Å². The van der Waals surface area contributed by atoms with Gasteiger partial charge >= 0.3 is 12.3 Å². The fourth-order valence-corrected chi connectivity index (χ4v) is 5.09. The topological polar surface area (TPSA) is 126 Å². The van der Waals surface area contributed by atoms with Gasteiger partial charge in [0.25, 0.3) is 0 Å². The molecule has 0 saturated carbocycles. The molecule has 0 spiro atoms. The Morgan fingerprint density at radius 1 is 1.07 bits per heavy atom. The Balaban J connectivity index is 1.38.